The van der Waals surface area contributed by atoms with Gasteiger partial charge in [0.1, 0.15) is 12.4 Å². The van der Waals surface area contributed by atoms with Gasteiger partial charge in [0.15, 0.2) is 0 Å². The van der Waals surface area contributed by atoms with Crippen LogP contribution in [0.5, 0.6) is 5.75 Å². The van der Waals surface area contributed by atoms with Gasteiger partial charge in [-0.15, -0.1) is 11.3 Å². The summed E-state index contributed by atoms with van der Waals surface area (Å²) in [6.07, 6.45) is 0. The number of nitrogen functional groups attached to an aromatic ring is 1. The van der Waals surface area contributed by atoms with Crippen LogP contribution in [-0.2, 0) is 16.6 Å². The number of rotatable bonds is 7. The molecule has 0 fully saturated rings. The van der Waals surface area contributed by atoms with E-state index in [-0.39, 0.29) is 12.4 Å². The molecule has 3 N–H and O–H groups in total. The van der Waals surface area contributed by atoms with Gasteiger partial charge in [-0.25, -0.2) is 13.1 Å². The third-order valence-corrected chi connectivity index (χ3v) is 4.74. The molecule has 0 aliphatic rings. The molecule has 20 heavy (non-hydrogen) atoms. The van der Waals surface area contributed by atoms with Crippen molar-refractivity contribution < 1.29 is 13.2 Å². The Morgan fingerprint density at radius 1 is 1.20 bits per heavy atom. The smallest absolute Gasteiger partial charge is 0.215 e. The van der Waals surface area contributed by atoms with E-state index in [9.17, 15) is 8.42 Å². The van der Waals surface area contributed by atoms with Crippen molar-refractivity contribution in [3.63, 3.8) is 0 Å². The monoisotopic (exact) mass is 312 g/mol. The van der Waals surface area contributed by atoms with Crippen molar-refractivity contribution >= 4 is 27.0 Å². The van der Waals surface area contributed by atoms with E-state index in [2.05, 4.69) is 4.72 Å². The van der Waals surface area contributed by atoms with E-state index in [1.807, 2.05) is 17.5 Å². The molecule has 0 unspecified atom stereocenters. The minimum absolute atomic E-state index is 0.0635. The molecule has 1 aromatic heterocycles. The molecule has 1 heterocycles. The van der Waals surface area contributed by atoms with Crippen LogP contribution in [0.3, 0.4) is 0 Å². The first kappa shape index (κ1) is 14.8. The summed E-state index contributed by atoms with van der Waals surface area (Å²) >= 11 is 1.51. The summed E-state index contributed by atoms with van der Waals surface area (Å²) in [5.74, 6) is 0.396. The summed E-state index contributed by atoms with van der Waals surface area (Å²) in [6, 6.07) is 10.8. The molecule has 0 aliphatic heterocycles. The zero-order valence-corrected chi connectivity index (χ0v) is 12.4. The van der Waals surface area contributed by atoms with E-state index in [1.165, 1.54) is 11.3 Å². The van der Waals surface area contributed by atoms with Crippen molar-refractivity contribution in [2.75, 3.05) is 18.1 Å². The van der Waals surface area contributed by atoms with Crippen LogP contribution in [0.25, 0.3) is 0 Å². The normalized spacial score (nSPS) is 11.4. The predicted molar refractivity (Wildman–Crippen MR) is 81.3 cm³/mol. The highest BCUT2D eigenvalue weighted by molar-refractivity contribution is 7.89. The number of nitrogens with one attached hydrogen (secondary N) is 1. The second-order valence-corrected chi connectivity index (χ2v) is 7.06. The highest BCUT2D eigenvalue weighted by Gasteiger charge is 2.11. The summed E-state index contributed by atoms with van der Waals surface area (Å²) in [5, 5.41) is 1.91. The number of benzene rings is 1. The van der Waals surface area contributed by atoms with Crippen molar-refractivity contribution in [2.24, 2.45) is 0 Å². The first-order valence-electron chi connectivity index (χ1n) is 6.04. The minimum atomic E-state index is -3.35. The molecule has 0 amide bonds. The van der Waals surface area contributed by atoms with Gasteiger partial charge < -0.3 is 10.5 Å². The Hall–Kier alpha value is -1.57. The summed E-state index contributed by atoms with van der Waals surface area (Å²) in [7, 11) is -3.35. The van der Waals surface area contributed by atoms with Gasteiger partial charge in [-0.2, -0.15) is 0 Å². The third kappa shape index (κ3) is 4.52. The maximum absolute atomic E-state index is 11.8. The zero-order chi connectivity index (χ0) is 14.4. The predicted octanol–water partition coefficient (Wildman–Crippen LogP) is 1.83. The molecule has 0 spiro atoms. The van der Waals surface area contributed by atoms with E-state index in [0.29, 0.717) is 18.0 Å². The van der Waals surface area contributed by atoms with E-state index in [1.54, 1.807) is 24.3 Å². The number of sulfonamides is 1. The van der Waals surface area contributed by atoms with Crippen LogP contribution < -0.4 is 15.2 Å². The van der Waals surface area contributed by atoms with Crippen molar-refractivity contribution in [3.05, 3.63) is 46.7 Å². The number of thiophene rings is 1. The second-order valence-electron chi connectivity index (χ2n) is 4.11. The molecule has 1 aromatic carbocycles. The van der Waals surface area contributed by atoms with Gasteiger partial charge in [0.25, 0.3) is 0 Å². The van der Waals surface area contributed by atoms with Crippen LogP contribution in [0.2, 0.25) is 0 Å². The van der Waals surface area contributed by atoms with Crippen LogP contribution in [-0.4, -0.2) is 20.8 Å². The van der Waals surface area contributed by atoms with Gasteiger partial charge in [-0.05, 0) is 23.6 Å². The summed E-state index contributed by atoms with van der Waals surface area (Å²) in [6.45, 7) is 0.376. The molecule has 0 radical (unpaired) electrons. The van der Waals surface area contributed by atoms with Crippen LogP contribution in [0.15, 0.2) is 41.8 Å². The van der Waals surface area contributed by atoms with Crippen molar-refractivity contribution in [2.45, 2.75) is 6.54 Å². The average molecular weight is 312 g/mol. The molecule has 108 valence electrons. The van der Waals surface area contributed by atoms with Gasteiger partial charge in [0.05, 0.1) is 11.4 Å². The summed E-state index contributed by atoms with van der Waals surface area (Å²) < 4.78 is 31.5. The first-order valence-corrected chi connectivity index (χ1v) is 8.57. The fraction of sp³-hybridized carbons (Fsp3) is 0.231. The van der Waals surface area contributed by atoms with Gasteiger partial charge in [0, 0.05) is 11.4 Å². The van der Waals surface area contributed by atoms with Gasteiger partial charge in [0.2, 0.25) is 10.0 Å². The van der Waals surface area contributed by atoms with Gasteiger partial charge >= 0.3 is 0 Å². The van der Waals surface area contributed by atoms with E-state index < -0.39 is 10.0 Å². The topological polar surface area (TPSA) is 81.4 Å². The lowest BCUT2D eigenvalue weighted by Gasteiger charge is -2.09. The second kappa shape index (κ2) is 6.74. The van der Waals surface area contributed by atoms with E-state index >= 15 is 0 Å². The van der Waals surface area contributed by atoms with Crippen LogP contribution in [0.1, 0.15) is 4.88 Å². The zero-order valence-electron chi connectivity index (χ0n) is 10.8. The maximum atomic E-state index is 11.8. The number of para-hydroxylation sites is 2. The Balaban J connectivity index is 1.79. The average Bonchev–Trinajstić information content (AvgIpc) is 2.92. The molecule has 2 aromatic rings. The summed E-state index contributed by atoms with van der Waals surface area (Å²) in [4.78, 5) is 0.974. The van der Waals surface area contributed by atoms with Crippen molar-refractivity contribution in [1.29, 1.82) is 0 Å². The van der Waals surface area contributed by atoms with Gasteiger partial charge in [-0.3, -0.25) is 0 Å². The highest BCUT2D eigenvalue weighted by atomic mass is 32.2. The molecular weight excluding hydrogens is 296 g/mol. The third-order valence-electron chi connectivity index (χ3n) is 2.58. The fourth-order valence-corrected chi connectivity index (χ4v) is 3.10. The quantitative estimate of drug-likeness (QED) is 0.764. The fourth-order valence-electron chi connectivity index (χ4n) is 1.54. The molecule has 0 aliphatic carbocycles. The Bertz CT molecular complexity index is 639. The largest absolute Gasteiger partial charge is 0.490 e. The number of nitrogens with two attached hydrogens (primary N) is 1. The first-order chi connectivity index (χ1) is 9.57. The van der Waals surface area contributed by atoms with Crippen molar-refractivity contribution in [3.8, 4) is 5.75 Å². The standard InChI is InChI=1S/C13H16N2O3S2/c14-12-5-1-2-6-13(12)18-7-9-20(16,17)15-10-11-4-3-8-19-11/h1-6,8,15H,7,9-10,14H2. The Morgan fingerprint density at radius 2 is 2.00 bits per heavy atom. The number of anilines is 1. The molecule has 0 bridgehead atoms. The van der Waals surface area contributed by atoms with Crippen LogP contribution in [0.4, 0.5) is 5.69 Å². The lowest BCUT2D eigenvalue weighted by Crippen LogP contribution is -2.28. The number of ether oxygens (including phenoxy) is 1. The molecule has 7 heteroatoms. The lowest BCUT2D eigenvalue weighted by atomic mass is 10.3. The molecule has 0 saturated carbocycles. The van der Waals surface area contributed by atoms with Crippen molar-refractivity contribution in [1.82, 2.24) is 4.72 Å². The number of hydrogen-bond donors (Lipinski definition) is 2. The maximum Gasteiger partial charge on any atom is 0.215 e. The molecule has 5 nitrogen and oxygen atoms in total. The van der Waals surface area contributed by atoms with Gasteiger partial charge in [-0.1, -0.05) is 18.2 Å². The molecule has 0 atom stereocenters. The lowest BCUT2D eigenvalue weighted by molar-refractivity contribution is 0.342. The Labute approximate surface area is 122 Å². The van der Waals surface area contributed by atoms with E-state index in [0.717, 1.165) is 4.88 Å². The minimum Gasteiger partial charge on any atom is -0.490 e. The van der Waals surface area contributed by atoms with Crippen LogP contribution >= 0.6 is 11.3 Å². The summed E-state index contributed by atoms with van der Waals surface area (Å²) in [5.41, 5.74) is 6.20. The Kier molecular flexibility index (Phi) is 4.99. The highest BCUT2D eigenvalue weighted by Crippen LogP contribution is 2.19. The van der Waals surface area contributed by atoms with E-state index in [4.69, 9.17) is 10.5 Å². The molecule has 0 saturated heterocycles. The Morgan fingerprint density at radius 3 is 2.70 bits per heavy atom. The SMILES string of the molecule is Nc1ccccc1OCCS(=O)(=O)NCc1cccs1. The van der Waals surface area contributed by atoms with Crippen LogP contribution in [0, 0.1) is 0 Å². The molecular formula is C13H16N2O3S2. The molecule has 2 rings (SSSR count). The number of hydrogen-bond acceptors (Lipinski definition) is 5.